The minimum Gasteiger partial charge on any atom is -0.370 e. The summed E-state index contributed by atoms with van der Waals surface area (Å²) in [4.78, 5) is 55.3. The molecule has 12 nitrogen and oxygen atoms in total. The van der Waals surface area contributed by atoms with E-state index in [4.69, 9.17) is 0 Å². The lowest BCUT2D eigenvalue weighted by Gasteiger charge is -2.40. The largest absolute Gasteiger partial charge is 0.416 e. The van der Waals surface area contributed by atoms with E-state index < -0.39 is 41.7 Å². The van der Waals surface area contributed by atoms with Crippen LogP contribution in [0.3, 0.4) is 0 Å². The maximum atomic E-state index is 14.0. The molecule has 2 saturated heterocycles. The first-order chi connectivity index (χ1) is 26.2. The fraction of sp³-hybridized carbons (Fsp3) is 0.500. The Labute approximate surface area is 313 Å². The first kappa shape index (κ1) is 38.2. The zero-order valence-electron chi connectivity index (χ0n) is 30.5. The van der Waals surface area contributed by atoms with Gasteiger partial charge in [0.2, 0.25) is 11.8 Å². The highest BCUT2D eigenvalue weighted by Gasteiger charge is 2.34. The number of halogens is 5. The number of imide groups is 1. The minimum atomic E-state index is -4.66. The molecular weight excluding hydrogens is 727 g/mol. The van der Waals surface area contributed by atoms with Crippen LogP contribution in [0.5, 0.6) is 0 Å². The number of amides is 3. The third-order valence-electron chi connectivity index (χ3n) is 11.4. The van der Waals surface area contributed by atoms with Crippen molar-refractivity contribution in [2.75, 3.05) is 36.9 Å². The van der Waals surface area contributed by atoms with Crippen LogP contribution in [0, 0.1) is 5.92 Å². The molecule has 3 fully saturated rings. The lowest BCUT2D eigenvalue weighted by Crippen LogP contribution is -2.45. The van der Waals surface area contributed by atoms with Gasteiger partial charge in [-0.15, -0.1) is 0 Å². The molecule has 2 aromatic heterocycles. The van der Waals surface area contributed by atoms with Crippen LogP contribution in [0.15, 0.2) is 53.5 Å². The van der Waals surface area contributed by atoms with Crippen molar-refractivity contribution < 1.29 is 36.3 Å². The number of carbonyl (C=O) groups is 3. The molecule has 2 aromatic carbocycles. The quantitative estimate of drug-likeness (QED) is 0.157. The number of fused-ring (bicyclic) bond motifs is 1. The molecule has 2 N–H and O–H groups in total. The number of nitrogens with one attached hydrogen (secondary N) is 2. The number of para-hydroxylation sites is 1. The number of aryl methyl sites for hydroxylation is 1. The summed E-state index contributed by atoms with van der Waals surface area (Å²) in [5, 5.41) is 8.79. The normalized spacial score (nSPS) is 21.5. The van der Waals surface area contributed by atoms with E-state index in [9.17, 15) is 41.1 Å². The number of carbonyl (C=O) groups excluding carboxylic acids is 3. The number of benzene rings is 2. The maximum absolute atomic E-state index is 14.0. The Bertz CT molecular complexity index is 2140. The van der Waals surface area contributed by atoms with Gasteiger partial charge in [0.15, 0.2) is 5.69 Å². The van der Waals surface area contributed by atoms with Crippen molar-refractivity contribution in [3.63, 3.8) is 0 Å². The predicted molar refractivity (Wildman–Crippen MR) is 194 cm³/mol. The van der Waals surface area contributed by atoms with Crippen molar-refractivity contribution in [3.8, 4) is 0 Å². The second kappa shape index (κ2) is 15.2. The molecule has 1 atom stereocenters. The van der Waals surface area contributed by atoms with Crippen molar-refractivity contribution in [2.45, 2.75) is 82.1 Å². The van der Waals surface area contributed by atoms with E-state index in [0.717, 1.165) is 68.7 Å². The molecule has 1 saturated carbocycles. The first-order valence-electron chi connectivity index (χ1n) is 18.5. The highest BCUT2D eigenvalue weighted by atomic mass is 19.4. The van der Waals surface area contributed by atoms with Gasteiger partial charge in [0.1, 0.15) is 6.04 Å². The molecular formula is C38H43F5N8O4. The minimum absolute atomic E-state index is 0.162. The Hall–Kier alpha value is -5.06. The number of nitrogens with zero attached hydrogens (tertiary/aromatic N) is 6. The first-order valence-corrected chi connectivity index (χ1v) is 18.5. The van der Waals surface area contributed by atoms with E-state index in [1.165, 1.54) is 21.5 Å². The lowest BCUT2D eigenvalue weighted by atomic mass is 9.85. The van der Waals surface area contributed by atoms with E-state index in [1.807, 2.05) is 18.2 Å². The number of hydrogen-bond donors (Lipinski definition) is 2. The number of alkyl halides is 5. The van der Waals surface area contributed by atoms with E-state index >= 15 is 0 Å². The van der Waals surface area contributed by atoms with Gasteiger partial charge in [-0.25, -0.2) is 13.6 Å². The Kier molecular flexibility index (Phi) is 10.6. The summed E-state index contributed by atoms with van der Waals surface area (Å²) in [5.74, 6) is -1.35. The highest BCUT2D eigenvalue weighted by molar-refractivity contribution is 6.04. The number of rotatable bonds is 9. The maximum Gasteiger partial charge on any atom is 0.416 e. The summed E-state index contributed by atoms with van der Waals surface area (Å²) in [6.45, 7) is 2.42. The van der Waals surface area contributed by atoms with Crippen molar-refractivity contribution in [2.24, 2.45) is 13.0 Å². The summed E-state index contributed by atoms with van der Waals surface area (Å²) in [6, 6.07) is 8.95. The van der Waals surface area contributed by atoms with Gasteiger partial charge < -0.3 is 15.1 Å². The molecule has 55 heavy (non-hydrogen) atoms. The molecule has 0 bridgehead atoms. The van der Waals surface area contributed by atoms with Crippen LogP contribution in [0.4, 0.5) is 33.3 Å². The Morgan fingerprint density at radius 1 is 1.00 bits per heavy atom. The van der Waals surface area contributed by atoms with Crippen molar-refractivity contribution in [3.05, 3.63) is 76.0 Å². The van der Waals surface area contributed by atoms with Gasteiger partial charge in [-0.2, -0.15) is 18.3 Å². The molecule has 0 radical (unpaired) electrons. The molecule has 2 aliphatic heterocycles. The van der Waals surface area contributed by atoms with Gasteiger partial charge >= 0.3 is 11.9 Å². The third kappa shape index (κ3) is 7.75. The molecule has 1 aliphatic carbocycles. The number of imidazole rings is 1. The summed E-state index contributed by atoms with van der Waals surface area (Å²) >= 11 is 0. The standard InChI is InChI=1S/C38H43F5N8O4/c1-47(25-15-17-49(18-16-25)28-7-4-8-29-33(28)48(2)37(55)51(29)30-13-14-31(52)45-36(30)54)20-22-9-11-26(12-10-22)50-21-27(32(46-50)34(39)40)44-35(53)23-5-3-6-24(19-23)38(41,42)43/h3-8,19,21-22,25-26,30,34H,9-18,20H2,1-2H3,(H,44,53)(H,45,52,54)/t22-,26-,30?. The van der Waals surface area contributed by atoms with Gasteiger partial charge in [0.25, 0.3) is 12.3 Å². The number of aromatic nitrogens is 4. The summed E-state index contributed by atoms with van der Waals surface area (Å²) in [6.07, 6.45) is -0.948. The zero-order chi connectivity index (χ0) is 39.2. The SMILES string of the molecule is CN(C[C@H]1CC[C@H](n2cc(NC(=O)c3cccc(C(F)(F)F)c3)c(C(F)F)n2)CC1)C1CCN(c2cccc3c2n(C)c(=O)n3C2CCC(=O)NC2=O)CC1. The lowest BCUT2D eigenvalue weighted by molar-refractivity contribution is -0.138. The summed E-state index contributed by atoms with van der Waals surface area (Å²) in [7, 11) is 3.83. The van der Waals surface area contributed by atoms with Crippen molar-refractivity contribution in [1.82, 2.24) is 29.1 Å². The fourth-order valence-electron chi connectivity index (χ4n) is 8.48. The molecule has 0 spiro atoms. The molecule has 7 rings (SSSR count). The van der Waals surface area contributed by atoms with Crippen LogP contribution >= 0.6 is 0 Å². The van der Waals surface area contributed by atoms with Crippen LogP contribution in [0.2, 0.25) is 0 Å². The van der Waals surface area contributed by atoms with Crippen LogP contribution in [-0.4, -0.2) is 74.3 Å². The topological polar surface area (TPSA) is 126 Å². The van der Waals surface area contributed by atoms with Crippen LogP contribution in [0.25, 0.3) is 11.0 Å². The zero-order valence-corrected chi connectivity index (χ0v) is 30.5. The van der Waals surface area contributed by atoms with Crippen LogP contribution < -0.4 is 21.2 Å². The van der Waals surface area contributed by atoms with E-state index in [2.05, 4.69) is 32.6 Å². The summed E-state index contributed by atoms with van der Waals surface area (Å²) < 4.78 is 71.9. The van der Waals surface area contributed by atoms with Crippen LogP contribution in [0.1, 0.15) is 91.5 Å². The number of anilines is 2. The third-order valence-corrected chi connectivity index (χ3v) is 11.4. The van der Waals surface area contributed by atoms with Gasteiger partial charge in [0.05, 0.1) is 34.0 Å². The smallest absolute Gasteiger partial charge is 0.370 e. The molecule has 17 heteroatoms. The predicted octanol–water partition coefficient (Wildman–Crippen LogP) is 6.06. The van der Waals surface area contributed by atoms with Crippen LogP contribution in [-0.2, 0) is 22.8 Å². The molecule has 4 heterocycles. The average molecular weight is 771 g/mol. The fourth-order valence-corrected chi connectivity index (χ4v) is 8.48. The van der Waals surface area contributed by atoms with Gasteiger partial charge in [-0.1, -0.05) is 12.1 Å². The Morgan fingerprint density at radius 3 is 2.38 bits per heavy atom. The molecule has 294 valence electrons. The number of piperidine rings is 2. The molecule has 3 aliphatic rings. The van der Waals surface area contributed by atoms with Gasteiger partial charge in [0, 0.05) is 50.9 Å². The molecule has 1 unspecified atom stereocenters. The number of hydrogen-bond acceptors (Lipinski definition) is 7. The second-order valence-corrected chi connectivity index (χ2v) is 14.9. The van der Waals surface area contributed by atoms with Gasteiger partial charge in [-0.05, 0) is 88.2 Å². The van der Waals surface area contributed by atoms with Crippen molar-refractivity contribution >= 4 is 40.1 Å². The van der Waals surface area contributed by atoms with E-state index in [-0.39, 0.29) is 41.7 Å². The van der Waals surface area contributed by atoms with Crippen molar-refractivity contribution in [1.29, 1.82) is 0 Å². The van der Waals surface area contributed by atoms with Gasteiger partial charge in [-0.3, -0.25) is 33.5 Å². The average Bonchev–Trinajstić information content (AvgIpc) is 3.70. The molecule has 3 amide bonds. The monoisotopic (exact) mass is 770 g/mol. The Morgan fingerprint density at radius 2 is 1.71 bits per heavy atom. The molecule has 4 aromatic rings. The second-order valence-electron chi connectivity index (χ2n) is 14.9. The summed E-state index contributed by atoms with van der Waals surface area (Å²) in [5.41, 5.74) is -0.130. The highest BCUT2D eigenvalue weighted by Crippen LogP contribution is 2.37. The van der Waals surface area contributed by atoms with E-state index in [0.29, 0.717) is 36.4 Å². The van der Waals surface area contributed by atoms with E-state index in [1.54, 1.807) is 11.6 Å². The Balaban J connectivity index is 0.941.